The molecule has 10 heteroatoms. The highest BCUT2D eigenvalue weighted by molar-refractivity contribution is 7.99. The standard InChI is InChI=1S/C19H19N5O2S3/c1-5-26-18(25)15-10(2)14-16(28-15)20-11(3)21-17(14)29-19-23-22-13(24(19)4)9-12-7-6-8-27-12/h6-8H,5,9H2,1-4H3. The molecule has 0 atom stereocenters. The molecule has 0 saturated carbocycles. The maximum atomic E-state index is 12.3. The van der Waals surface area contributed by atoms with E-state index in [-0.39, 0.29) is 5.97 Å². The van der Waals surface area contributed by atoms with E-state index >= 15 is 0 Å². The summed E-state index contributed by atoms with van der Waals surface area (Å²) in [6.07, 6.45) is 0.741. The lowest BCUT2D eigenvalue weighted by Gasteiger charge is -2.06. The topological polar surface area (TPSA) is 82.8 Å². The van der Waals surface area contributed by atoms with Gasteiger partial charge in [-0.15, -0.1) is 32.9 Å². The minimum atomic E-state index is -0.321. The van der Waals surface area contributed by atoms with Crippen LogP contribution < -0.4 is 0 Å². The second-order valence-corrected chi connectivity index (χ2v) is 9.34. The monoisotopic (exact) mass is 445 g/mol. The summed E-state index contributed by atoms with van der Waals surface area (Å²) in [7, 11) is 1.96. The van der Waals surface area contributed by atoms with Crippen molar-refractivity contribution < 1.29 is 9.53 Å². The number of hydrogen-bond acceptors (Lipinski definition) is 9. The first-order valence-corrected chi connectivity index (χ1v) is 11.5. The number of fused-ring (bicyclic) bond motifs is 1. The largest absolute Gasteiger partial charge is 0.462 e. The van der Waals surface area contributed by atoms with Gasteiger partial charge in [0, 0.05) is 23.7 Å². The molecule has 0 fully saturated rings. The molecule has 4 rings (SSSR count). The van der Waals surface area contributed by atoms with Crippen LogP contribution in [-0.2, 0) is 18.2 Å². The van der Waals surface area contributed by atoms with Crippen LogP contribution in [0, 0.1) is 13.8 Å². The molecule has 0 aliphatic carbocycles. The number of ether oxygens (including phenoxy) is 1. The van der Waals surface area contributed by atoms with Gasteiger partial charge >= 0.3 is 5.97 Å². The number of hydrogen-bond donors (Lipinski definition) is 0. The maximum absolute atomic E-state index is 12.3. The number of carbonyl (C=O) groups excluding carboxylic acids is 1. The van der Waals surface area contributed by atoms with Crippen molar-refractivity contribution in [2.24, 2.45) is 7.05 Å². The van der Waals surface area contributed by atoms with E-state index in [2.05, 4.69) is 31.6 Å². The first kappa shape index (κ1) is 20.0. The van der Waals surface area contributed by atoms with Gasteiger partial charge in [0.2, 0.25) is 0 Å². The molecule has 0 bridgehead atoms. The van der Waals surface area contributed by atoms with Gasteiger partial charge in [-0.3, -0.25) is 0 Å². The third kappa shape index (κ3) is 3.92. The molecule has 0 spiro atoms. The molecule has 4 heterocycles. The van der Waals surface area contributed by atoms with Gasteiger partial charge in [-0.1, -0.05) is 6.07 Å². The second kappa shape index (κ2) is 8.21. The van der Waals surface area contributed by atoms with Crippen molar-refractivity contribution in [1.29, 1.82) is 0 Å². The van der Waals surface area contributed by atoms with Crippen LogP contribution in [0.15, 0.2) is 27.7 Å². The SMILES string of the molecule is CCOC(=O)c1sc2nc(C)nc(Sc3nnc(Cc4cccs4)n3C)c2c1C. The van der Waals surface area contributed by atoms with Gasteiger partial charge in [0.15, 0.2) is 5.16 Å². The number of esters is 1. The van der Waals surface area contributed by atoms with Crippen LogP contribution in [0.4, 0.5) is 0 Å². The van der Waals surface area contributed by atoms with E-state index < -0.39 is 0 Å². The number of carbonyl (C=O) groups is 1. The fourth-order valence-electron chi connectivity index (χ4n) is 2.91. The van der Waals surface area contributed by atoms with E-state index in [1.807, 2.05) is 31.5 Å². The number of nitrogens with zero attached hydrogens (tertiary/aromatic N) is 5. The van der Waals surface area contributed by atoms with Crippen LogP contribution in [0.3, 0.4) is 0 Å². The lowest BCUT2D eigenvalue weighted by molar-refractivity contribution is 0.0531. The highest BCUT2D eigenvalue weighted by Gasteiger charge is 2.22. The molecule has 0 aliphatic heterocycles. The van der Waals surface area contributed by atoms with Crippen molar-refractivity contribution in [1.82, 2.24) is 24.7 Å². The van der Waals surface area contributed by atoms with Crippen LogP contribution >= 0.6 is 34.4 Å². The molecule has 29 heavy (non-hydrogen) atoms. The first-order valence-electron chi connectivity index (χ1n) is 9.01. The molecule has 7 nitrogen and oxygen atoms in total. The predicted molar refractivity (Wildman–Crippen MR) is 115 cm³/mol. The van der Waals surface area contributed by atoms with Crippen molar-refractivity contribution in [3.8, 4) is 0 Å². The van der Waals surface area contributed by atoms with Crippen molar-refractivity contribution in [3.63, 3.8) is 0 Å². The quantitative estimate of drug-likeness (QED) is 0.321. The molecular weight excluding hydrogens is 426 g/mol. The van der Waals surface area contributed by atoms with Crippen LogP contribution in [0.2, 0.25) is 0 Å². The fraction of sp³-hybridized carbons (Fsp3) is 0.316. The minimum absolute atomic E-state index is 0.321. The van der Waals surface area contributed by atoms with Crippen molar-refractivity contribution in [2.45, 2.75) is 37.4 Å². The zero-order chi connectivity index (χ0) is 20.5. The second-order valence-electron chi connectivity index (χ2n) is 6.35. The molecule has 0 unspecified atom stereocenters. The van der Waals surface area contributed by atoms with Gasteiger partial charge in [0.05, 0.1) is 6.61 Å². The third-order valence-electron chi connectivity index (χ3n) is 4.36. The van der Waals surface area contributed by atoms with E-state index in [4.69, 9.17) is 4.74 Å². The van der Waals surface area contributed by atoms with Crippen molar-refractivity contribution in [3.05, 3.63) is 44.5 Å². The van der Waals surface area contributed by atoms with Gasteiger partial charge in [-0.05, 0) is 49.5 Å². The first-order chi connectivity index (χ1) is 14.0. The Morgan fingerprint density at radius 2 is 2.10 bits per heavy atom. The van der Waals surface area contributed by atoms with Crippen LogP contribution in [0.5, 0.6) is 0 Å². The zero-order valence-corrected chi connectivity index (χ0v) is 18.9. The Kier molecular flexibility index (Phi) is 5.66. The Morgan fingerprint density at radius 1 is 1.28 bits per heavy atom. The summed E-state index contributed by atoms with van der Waals surface area (Å²) in [6, 6.07) is 4.13. The fourth-order valence-corrected chi connectivity index (χ4v) is 5.83. The molecule has 0 amide bonds. The van der Waals surface area contributed by atoms with Crippen molar-refractivity contribution in [2.75, 3.05) is 6.61 Å². The van der Waals surface area contributed by atoms with Gasteiger partial charge in [-0.25, -0.2) is 14.8 Å². The van der Waals surface area contributed by atoms with Gasteiger partial charge in [0.25, 0.3) is 0 Å². The average molecular weight is 446 g/mol. The molecule has 0 radical (unpaired) electrons. The minimum Gasteiger partial charge on any atom is -0.462 e. The van der Waals surface area contributed by atoms with Crippen molar-refractivity contribution >= 4 is 50.6 Å². The Hall–Kier alpha value is -2.30. The van der Waals surface area contributed by atoms with Crippen LogP contribution in [0.1, 0.15) is 38.7 Å². The van der Waals surface area contributed by atoms with Gasteiger partial charge in [-0.2, -0.15) is 0 Å². The Morgan fingerprint density at radius 3 is 2.83 bits per heavy atom. The van der Waals surface area contributed by atoms with Crippen LogP contribution in [0.25, 0.3) is 10.2 Å². The van der Waals surface area contributed by atoms with Gasteiger partial charge in [0.1, 0.15) is 26.4 Å². The summed E-state index contributed by atoms with van der Waals surface area (Å²) in [5, 5.41) is 13.2. The molecule has 0 aromatic carbocycles. The predicted octanol–water partition coefficient (Wildman–Crippen LogP) is 4.42. The van der Waals surface area contributed by atoms with E-state index in [9.17, 15) is 4.79 Å². The molecule has 4 aromatic rings. The Bertz CT molecular complexity index is 1180. The smallest absolute Gasteiger partial charge is 0.348 e. The molecule has 0 aliphatic rings. The van der Waals surface area contributed by atoms with E-state index in [1.165, 1.54) is 28.0 Å². The maximum Gasteiger partial charge on any atom is 0.348 e. The summed E-state index contributed by atoms with van der Waals surface area (Å²) in [6.45, 7) is 5.90. The number of aromatic nitrogens is 5. The molecule has 0 N–H and O–H groups in total. The third-order valence-corrected chi connectivity index (χ3v) is 7.42. The Labute approximate surface area is 180 Å². The number of thiophene rings is 2. The normalized spacial score (nSPS) is 11.3. The van der Waals surface area contributed by atoms with E-state index in [0.29, 0.717) is 17.3 Å². The molecule has 150 valence electrons. The molecular formula is C19H19N5O2S3. The zero-order valence-electron chi connectivity index (χ0n) is 16.4. The van der Waals surface area contributed by atoms with Gasteiger partial charge < -0.3 is 9.30 Å². The highest BCUT2D eigenvalue weighted by Crippen LogP contribution is 2.38. The van der Waals surface area contributed by atoms with E-state index in [1.54, 1.807) is 18.3 Å². The number of aryl methyl sites for hydroxylation is 2. The van der Waals surface area contributed by atoms with Crippen LogP contribution in [-0.4, -0.2) is 37.3 Å². The van der Waals surface area contributed by atoms with E-state index in [0.717, 1.165) is 38.2 Å². The summed E-state index contributed by atoms with van der Waals surface area (Å²) < 4.78 is 7.18. The lowest BCUT2D eigenvalue weighted by atomic mass is 10.2. The lowest BCUT2D eigenvalue weighted by Crippen LogP contribution is -2.03. The Balaban J connectivity index is 1.71. The molecule has 4 aromatic heterocycles. The summed E-state index contributed by atoms with van der Waals surface area (Å²) >= 11 is 4.49. The summed E-state index contributed by atoms with van der Waals surface area (Å²) in [5.74, 6) is 1.22. The number of rotatable bonds is 6. The average Bonchev–Trinajstić information content (AvgIpc) is 3.38. The summed E-state index contributed by atoms with van der Waals surface area (Å²) in [4.78, 5) is 24.0. The molecule has 0 saturated heterocycles. The summed E-state index contributed by atoms with van der Waals surface area (Å²) in [5.41, 5.74) is 0.840. The highest BCUT2D eigenvalue weighted by atomic mass is 32.2.